The van der Waals surface area contributed by atoms with Crippen LogP contribution < -0.4 is 5.32 Å². The highest BCUT2D eigenvalue weighted by molar-refractivity contribution is 6.28. The Morgan fingerprint density at radius 1 is 1.19 bits per heavy atom. The molecule has 8 heteroatoms. The smallest absolute Gasteiger partial charge is 0.408 e. The summed E-state index contributed by atoms with van der Waals surface area (Å²) in [6.45, 7) is 8.35. The van der Waals surface area contributed by atoms with E-state index in [0.29, 0.717) is 18.7 Å². The highest BCUT2D eigenvalue weighted by Crippen LogP contribution is 2.10. The van der Waals surface area contributed by atoms with Gasteiger partial charge >= 0.3 is 12.1 Å². The first kappa shape index (κ1) is 26.9. The molecule has 1 atom stereocenters. The molecule has 0 unspecified atom stereocenters. The van der Waals surface area contributed by atoms with Crippen molar-refractivity contribution in [3.63, 3.8) is 0 Å². The molecule has 0 heterocycles. The molecule has 31 heavy (non-hydrogen) atoms. The van der Waals surface area contributed by atoms with Crippen molar-refractivity contribution in [3.05, 3.63) is 35.9 Å². The van der Waals surface area contributed by atoms with Gasteiger partial charge in [0.05, 0.1) is 5.88 Å². The van der Waals surface area contributed by atoms with Gasteiger partial charge in [0, 0.05) is 12.3 Å². The Hall–Kier alpha value is -2.12. The molecule has 1 aromatic carbocycles. The fourth-order valence-corrected chi connectivity index (χ4v) is 2.69. The van der Waals surface area contributed by atoms with Gasteiger partial charge in [0.25, 0.3) is 0 Å². The van der Waals surface area contributed by atoms with Gasteiger partial charge in [-0.05, 0) is 45.6 Å². The zero-order chi connectivity index (χ0) is 23.1. The van der Waals surface area contributed by atoms with E-state index in [0.717, 1.165) is 18.4 Å². The Balaban J connectivity index is 2.70. The van der Waals surface area contributed by atoms with Crippen molar-refractivity contribution in [1.82, 2.24) is 5.32 Å². The molecule has 0 aliphatic carbocycles. The van der Waals surface area contributed by atoms with Gasteiger partial charge in [-0.15, -0.1) is 11.6 Å². The third kappa shape index (κ3) is 13.0. The molecule has 0 radical (unpaired) electrons. The third-order valence-electron chi connectivity index (χ3n) is 4.10. The maximum Gasteiger partial charge on any atom is 0.408 e. The normalized spacial score (nSPS) is 12.9. The van der Waals surface area contributed by atoms with Gasteiger partial charge in [0.2, 0.25) is 0 Å². The summed E-state index contributed by atoms with van der Waals surface area (Å²) in [5.41, 5.74) is 0.880. The lowest BCUT2D eigenvalue weighted by Gasteiger charge is -2.23. The van der Waals surface area contributed by atoms with Crippen LogP contribution in [0.25, 0.3) is 0 Å². The van der Waals surface area contributed by atoms with Gasteiger partial charge < -0.3 is 19.5 Å². The average molecular weight is 455 g/mol. The summed E-state index contributed by atoms with van der Waals surface area (Å²) in [7, 11) is 0. The number of hydrogen-bond acceptors (Lipinski definition) is 6. The van der Waals surface area contributed by atoms with Crippen molar-refractivity contribution >= 4 is 29.4 Å². The quantitative estimate of drug-likeness (QED) is 0.199. The summed E-state index contributed by atoms with van der Waals surface area (Å²) >= 11 is 5.99. The molecule has 1 N–H and O–H groups in total. The van der Waals surface area contributed by atoms with E-state index in [1.165, 1.54) is 0 Å². The molecule has 1 amide bonds. The maximum absolute atomic E-state index is 12.7. The standard InChI is InChI=1S/C23H35ClN2O5/c1-5-6-14-29-17-25-19(15-24)12-13-20(26-22(28)31-23(2,3)4)21(27)30-16-18-10-8-7-9-11-18/h7-11,20H,5-6,12-17H2,1-4H3,(H,26,28)/t20-/m0/s1. The SMILES string of the molecule is CCCCOCN=C(CCl)CC[C@H](NC(=O)OC(C)(C)C)C(=O)OCc1ccccc1. The van der Waals surface area contributed by atoms with Gasteiger partial charge in [-0.25, -0.2) is 9.59 Å². The number of amides is 1. The van der Waals surface area contributed by atoms with Gasteiger partial charge in [-0.2, -0.15) is 0 Å². The largest absolute Gasteiger partial charge is 0.459 e. The van der Waals surface area contributed by atoms with Crippen LogP contribution in [-0.2, 0) is 25.6 Å². The number of nitrogens with one attached hydrogen (secondary N) is 1. The predicted molar refractivity (Wildman–Crippen MR) is 123 cm³/mol. The number of nitrogens with zero attached hydrogens (tertiary/aromatic N) is 1. The molecule has 0 aromatic heterocycles. The summed E-state index contributed by atoms with van der Waals surface area (Å²) in [6, 6.07) is 8.46. The zero-order valence-corrected chi connectivity index (χ0v) is 19.7. The number of hydrogen-bond donors (Lipinski definition) is 1. The van der Waals surface area contributed by atoms with Crippen molar-refractivity contribution in [3.8, 4) is 0 Å². The number of ether oxygens (including phenoxy) is 3. The first-order valence-electron chi connectivity index (χ1n) is 10.6. The molecule has 0 aliphatic rings. The molecule has 0 fully saturated rings. The van der Waals surface area contributed by atoms with Crippen molar-refractivity contribution in [2.45, 2.75) is 71.6 Å². The van der Waals surface area contributed by atoms with Crippen LogP contribution in [0.5, 0.6) is 0 Å². The second kappa shape index (κ2) is 14.8. The Kier molecular flexibility index (Phi) is 12.9. The van der Waals surface area contributed by atoms with Crippen molar-refractivity contribution in [1.29, 1.82) is 0 Å². The fourth-order valence-electron chi connectivity index (χ4n) is 2.48. The molecule has 0 spiro atoms. The van der Waals surface area contributed by atoms with Crippen LogP contribution in [0.1, 0.15) is 58.9 Å². The molecule has 1 rings (SSSR count). The number of halogens is 1. The Morgan fingerprint density at radius 3 is 2.52 bits per heavy atom. The first-order chi connectivity index (χ1) is 14.7. The number of aliphatic imine (C=N–C) groups is 1. The highest BCUT2D eigenvalue weighted by Gasteiger charge is 2.26. The molecule has 0 aliphatic heterocycles. The van der Waals surface area contributed by atoms with E-state index in [9.17, 15) is 9.59 Å². The van der Waals surface area contributed by atoms with E-state index in [-0.39, 0.29) is 25.6 Å². The number of alkyl halides is 1. The monoisotopic (exact) mass is 454 g/mol. The van der Waals surface area contributed by atoms with Crippen molar-refractivity contribution in [2.24, 2.45) is 4.99 Å². The minimum Gasteiger partial charge on any atom is -0.459 e. The number of alkyl carbamates (subject to hydrolysis) is 1. The van der Waals surface area contributed by atoms with Crippen LogP contribution in [0, 0.1) is 0 Å². The van der Waals surface area contributed by atoms with Gasteiger partial charge in [-0.3, -0.25) is 4.99 Å². The molecule has 0 saturated heterocycles. The van der Waals surface area contributed by atoms with Crippen LogP contribution in [0.15, 0.2) is 35.3 Å². The van der Waals surface area contributed by atoms with E-state index in [1.807, 2.05) is 30.3 Å². The van der Waals surface area contributed by atoms with Crippen molar-refractivity contribution in [2.75, 3.05) is 19.2 Å². The second-order valence-corrected chi connectivity index (χ2v) is 8.35. The summed E-state index contributed by atoms with van der Waals surface area (Å²) in [5, 5.41) is 2.61. The third-order valence-corrected chi connectivity index (χ3v) is 4.41. The molecular formula is C23H35ClN2O5. The van der Waals surface area contributed by atoms with Crippen LogP contribution >= 0.6 is 11.6 Å². The van der Waals surface area contributed by atoms with E-state index >= 15 is 0 Å². The van der Waals surface area contributed by atoms with Crippen LogP contribution in [-0.4, -0.2) is 48.6 Å². The summed E-state index contributed by atoms with van der Waals surface area (Å²) < 4.78 is 16.1. The lowest BCUT2D eigenvalue weighted by Crippen LogP contribution is -2.44. The number of rotatable bonds is 13. The van der Waals surface area contributed by atoms with Gasteiger partial charge in [0.15, 0.2) is 0 Å². The minimum atomic E-state index is -0.881. The number of carbonyl (C=O) groups excluding carboxylic acids is 2. The zero-order valence-electron chi connectivity index (χ0n) is 19.0. The van der Waals surface area contributed by atoms with E-state index in [1.54, 1.807) is 20.8 Å². The van der Waals surface area contributed by atoms with Crippen LogP contribution in [0.3, 0.4) is 0 Å². The molecule has 1 aromatic rings. The lowest BCUT2D eigenvalue weighted by molar-refractivity contribution is -0.147. The van der Waals surface area contributed by atoms with Gasteiger partial charge in [0.1, 0.15) is 25.0 Å². The minimum absolute atomic E-state index is 0.119. The Bertz CT molecular complexity index is 689. The molecule has 174 valence electrons. The summed E-state index contributed by atoms with van der Waals surface area (Å²) in [6.07, 6.45) is 2.05. The van der Waals surface area contributed by atoms with E-state index < -0.39 is 23.7 Å². The lowest BCUT2D eigenvalue weighted by atomic mass is 10.1. The number of carbonyl (C=O) groups is 2. The number of unbranched alkanes of at least 4 members (excludes halogenated alkanes) is 1. The van der Waals surface area contributed by atoms with Gasteiger partial charge in [-0.1, -0.05) is 43.7 Å². The summed E-state index contributed by atoms with van der Waals surface area (Å²) in [5.74, 6) is -0.321. The maximum atomic E-state index is 12.7. The van der Waals surface area contributed by atoms with Crippen molar-refractivity contribution < 1.29 is 23.8 Å². The van der Waals surface area contributed by atoms with E-state index in [4.69, 9.17) is 25.8 Å². The van der Waals surface area contributed by atoms with E-state index in [2.05, 4.69) is 17.2 Å². The second-order valence-electron chi connectivity index (χ2n) is 8.08. The molecule has 0 bridgehead atoms. The average Bonchev–Trinajstić information content (AvgIpc) is 2.72. The molecular weight excluding hydrogens is 420 g/mol. The fraction of sp³-hybridized carbons (Fsp3) is 0.609. The highest BCUT2D eigenvalue weighted by atomic mass is 35.5. The Morgan fingerprint density at radius 2 is 1.90 bits per heavy atom. The molecule has 7 nitrogen and oxygen atoms in total. The van der Waals surface area contributed by atoms with Crippen LogP contribution in [0.4, 0.5) is 4.79 Å². The topological polar surface area (TPSA) is 86.2 Å². The number of esters is 1. The van der Waals surface area contributed by atoms with Crippen LogP contribution in [0.2, 0.25) is 0 Å². The summed E-state index contributed by atoms with van der Waals surface area (Å²) in [4.78, 5) is 29.2. The Labute approximate surface area is 190 Å². The molecule has 0 saturated carbocycles. The number of benzene rings is 1. The predicted octanol–water partition coefficient (Wildman–Crippen LogP) is 4.86. The first-order valence-corrected chi connectivity index (χ1v) is 11.1.